The lowest BCUT2D eigenvalue weighted by Crippen LogP contribution is -2.21. The normalized spacial score (nSPS) is 10.3. The van der Waals surface area contributed by atoms with Crippen molar-refractivity contribution in [1.29, 1.82) is 0 Å². The smallest absolute Gasteiger partial charge is 0.357 e. The topological polar surface area (TPSA) is 94.6 Å². The van der Waals surface area contributed by atoms with E-state index in [0.717, 1.165) is 0 Å². The van der Waals surface area contributed by atoms with Gasteiger partial charge in [0.25, 0.3) is 5.91 Å². The number of anilines is 1. The molecule has 1 aromatic carbocycles. The molecule has 1 heterocycles. The van der Waals surface area contributed by atoms with Crippen molar-refractivity contribution >= 4 is 35.1 Å². The maximum atomic E-state index is 11.9. The molecule has 1 N–H and O–H groups in total. The summed E-state index contributed by atoms with van der Waals surface area (Å²) in [4.78, 5) is 39.2. The number of pyridine rings is 1. The molecule has 0 fully saturated rings. The number of esters is 2. The Kier molecular flexibility index (Phi) is 6.68. The maximum Gasteiger partial charge on any atom is 0.357 e. The first-order valence-corrected chi connectivity index (χ1v) is 8.12. The van der Waals surface area contributed by atoms with Crippen molar-refractivity contribution in [1.82, 2.24) is 4.98 Å². The highest BCUT2D eigenvalue weighted by molar-refractivity contribution is 6.30. The molecule has 1 aromatic heterocycles. The third-order valence-electron chi connectivity index (χ3n) is 3.01. The SMILES string of the molecule is CC(C)OC(=O)c1ccc(NC(=O)COC(=O)c2cc(Cl)ccn2)cc1. The van der Waals surface area contributed by atoms with Gasteiger partial charge in [0.2, 0.25) is 0 Å². The van der Waals surface area contributed by atoms with E-state index in [1.54, 1.807) is 26.0 Å². The number of hydrogen-bond acceptors (Lipinski definition) is 6. The lowest BCUT2D eigenvalue weighted by Gasteiger charge is -2.09. The fourth-order valence-corrected chi connectivity index (χ4v) is 2.05. The van der Waals surface area contributed by atoms with E-state index in [4.69, 9.17) is 21.1 Å². The van der Waals surface area contributed by atoms with Gasteiger partial charge in [0.1, 0.15) is 5.69 Å². The Morgan fingerprint density at radius 2 is 1.81 bits per heavy atom. The van der Waals surface area contributed by atoms with Crippen molar-refractivity contribution in [3.05, 3.63) is 58.9 Å². The number of nitrogens with zero attached hydrogens (tertiary/aromatic N) is 1. The largest absolute Gasteiger partial charge is 0.459 e. The van der Waals surface area contributed by atoms with Crippen LogP contribution in [-0.4, -0.2) is 35.5 Å². The monoisotopic (exact) mass is 376 g/mol. The van der Waals surface area contributed by atoms with Crippen LogP contribution in [0, 0.1) is 0 Å². The van der Waals surface area contributed by atoms with E-state index in [2.05, 4.69) is 10.3 Å². The van der Waals surface area contributed by atoms with E-state index >= 15 is 0 Å². The van der Waals surface area contributed by atoms with Crippen molar-refractivity contribution in [3.63, 3.8) is 0 Å². The minimum absolute atomic E-state index is 0.0123. The molecule has 26 heavy (non-hydrogen) atoms. The number of hydrogen-bond donors (Lipinski definition) is 1. The molecule has 0 atom stereocenters. The molecule has 0 saturated carbocycles. The number of carbonyl (C=O) groups is 3. The average molecular weight is 377 g/mol. The lowest BCUT2D eigenvalue weighted by atomic mass is 10.2. The van der Waals surface area contributed by atoms with Gasteiger partial charge in [-0.3, -0.25) is 4.79 Å². The first-order chi connectivity index (χ1) is 12.3. The van der Waals surface area contributed by atoms with Gasteiger partial charge in [0.15, 0.2) is 6.61 Å². The third-order valence-corrected chi connectivity index (χ3v) is 3.25. The summed E-state index contributed by atoms with van der Waals surface area (Å²) < 4.78 is 9.95. The third kappa shape index (κ3) is 5.86. The Morgan fingerprint density at radius 3 is 2.42 bits per heavy atom. The zero-order valence-corrected chi connectivity index (χ0v) is 14.9. The standard InChI is InChI=1S/C18H17ClN2O5/c1-11(2)26-17(23)12-3-5-14(6-4-12)21-16(22)10-25-18(24)15-9-13(19)7-8-20-15/h3-9,11H,10H2,1-2H3,(H,21,22). The molecular weight excluding hydrogens is 360 g/mol. The van der Waals surface area contributed by atoms with Crippen molar-refractivity contribution in [2.75, 3.05) is 11.9 Å². The molecule has 0 radical (unpaired) electrons. The van der Waals surface area contributed by atoms with E-state index in [-0.39, 0.29) is 11.8 Å². The highest BCUT2D eigenvalue weighted by Crippen LogP contribution is 2.12. The molecule has 2 rings (SSSR count). The first-order valence-electron chi connectivity index (χ1n) is 7.74. The second kappa shape index (κ2) is 8.96. The highest BCUT2D eigenvalue weighted by atomic mass is 35.5. The number of halogens is 1. The molecule has 0 unspecified atom stereocenters. The van der Waals surface area contributed by atoms with Crippen LogP contribution >= 0.6 is 11.6 Å². The fourth-order valence-electron chi connectivity index (χ4n) is 1.89. The summed E-state index contributed by atoms with van der Waals surface area (Å²) in [6, 6.07) is 9.02. The Bertz CT molecular complexity index is 805. The van der Waals surface area contributed by atoms with Gasteiger partial charge in [-0.25, -0.2) is 14.6 Å². The van der Waals surface area contributed by atoms with Crippen molar-refractivity contribution in [2.45, 2.75) is 20.0 Å². The number of nitrogens with one attached hydrogen (secondary N) is 1. The van der Waals surface area contributed by atoms with Gasteiger partial charge < -0.3 is 14.8 Å². The van der Waals surface area contributed by atoms with Gasteiger partial charge in [0.05, 0.1) is 11.7 Å². The van der Waals surface area contributed by atoms with E-state index < -0.39 is 24.5 Å². The Labute approximate surface area is 155 Å². The van der Waals surface area contributed by atoms with Gasteiger partial charge in [-0.1, -0.05) is 11.6 Å². The van der Waals surface area contributed by atoms with E-state index in [9.17, 15) is 14.4 Å². The average Bonchev–Trinajstić information content (AvgIpc) is 2.59. The summed E-state index contributed by atoms with van der Waals surface area (Å²) in [5, 5.41) is 2.89. The van der Waals surface area contributed by atoms with Gasteiger partial charge in [-0.2, -0.15) is 0 Å². The molecule has 8 heteroatoms. The molecule has 7 nitrogen and oxygen atoms in total. The molecule has 0 saturated heterocycles. The Hall–Kier alpha value is -2.93. The summed E-state index contributed by atoms with van der Waals surface area (Å²) in [5.74, 6) is -1.73. The van der Waals surface area contributed by atoms with Crippen molar-refractivity contribution in [2.24, 2.45) is 0 Å². The van der Waals surface area contributed by atoms with Crippen LogP contribution in [0.5, 0.6) is 0 Å². The summed E-state index contributed by atoms with van der Waals surface area (Å²) in [5.41, 5.74) is 0.835. The second-order valence-corrected chi connectivity index (χ2v) is 5.95. The number of ether oxygens (including phenoxy) is 2. The van der Waals surface area contributed by atoms with Crippen LogP contribution in [0.25, 0.3) is 0 Å². The van der Waals surface area contributed by atoms with Gasteiger partial charge in [-0.05, 0) is 50.2 Å². The highest BCUT2D eigenvalue weighted by Gasteiger charge is 2.13. The summed E-state index contributed by atoms with van der Waals surface area (Å²) in [6.07, 6.45) is 1.15. The zero-order chi connectivity index (χ0) is 19.1. The molecule has 136 valence electrons. The van der Waals surface area contributed by atoms with E-state index in [1.807, 2.05) is 0 Å². The minimum Gasteiger partial charge on any atom is -0.459 e. The number of aromatic nitrogens is 1. The zero-order valence-electron chi connectivity index (χ0n) is 14.2. The summed E-state index contributed by atoms with van der Waals surface area (Å²) in [6.45, 7) is 3.03. The second-order valence-electron chi connectivity index (χ2n) is 5.52. The number of carbonyl (C=O) groups excluding carboxylic acids is 3. The first kappa shape index (κ1) is 19.4. The van der Waals surface area contributed by atoms with Crippen LogP contribution in [0.4, 0.5) is 5.69 Å². The minimum atomic E-state index is -0.755. The lowest BCUT2D eigenvalue weighted by molar-refractivity contribution is -0.119. The molecule has 2 aromatic rings. The number of rotatable bonds is 6. The Morgan fingerprint density at radius 1 is 1.12 bits per heavy atom. The summed E-state index contributed by atoms with van der Waals surface area (Å²) in [7, 11) is 0. The maximum absolute atomic E-state index is 11.9. The molecule has 0 spiro atoms. The van der Waals surface area contributed by atoms with Gasteiger partial charge >= 0.3 is 11.9 Å². The van der Waals surface area contributed by atoms with Crippen LogP contribution in [0.1, 0.15) is 34.7 Å². The molecule has 0 bridgehead atoms. The molecule has 0 aliphatic carbocycles. The van der Waals surface area contributed by atoms with Crippen LogP contribution in [-0.2, 0) is 14.3 Å². The molecule has 0 aliphatic rings. The number of benzene rings is 1. The van der Waals surface area contributed by atoms with Crippen LogP contribution < -0.4 is 5.32 Å². The fraction of sp³-hybridized carbons (Fsp3) is 0.222. The van der Waals surface area contributed by atoms with E-state index in [1.165, 1.54) is 30.5 Å². The van der Waals surface area contributed by atoms with Crippen molar-refractivity contribution in [3.8, 4) is 0 Å². The van der Waals surface area contributed by atoms with Gasteiger partial charge in [-0.15, -0.1) is 0 Å². The molecular formula is C18H17ClN2O5. The van der Waals surface area contributed by atoms with Crippen LogP contribution in [0.2, 0.25) is 5.02 Å². The van der Waals surface area contributed by atoms with E-state index in [0.29, 0.717) is 16.3 Å². The number of amides is 1. The van der Waals surface area contributed by atoms with Crippen molar-refractivity contribution < 1.29 is 23.9 Å². The summed E-state index contributed by atoms with van der Waals surface area (Å²) >= 11 is 5.76. The predicted octanol–water partition coefficient (Wildman–Crippen LogP) is 3.10. The van der Waals surface area contributed by atoms with Crippen LogP contribution in [0.15, 0.2) is 42.6 Å². The Balaban J connectivity index is 1.86. The predicted molar refractivity (Wildman–Crippen MR) is 95.2 cm³/mol. The molecule has 0 aliphatic heterocycles. The van der Waals surface area contributed by atoms with Crippen LogP contribution in [0.3, 0.4) is 0 Å². The quantitative estimate of drug-likeness (QED) is 0.778. The molecule has 1 amide bonds. The van der Waals surface area contributed by atoms with Gasteiger partial charge in [0, 0.05) is 16.9 Å².